The molecule has 0 saturated heterocycles. The van der Waals surface area contributed by atoms with E-state index in [1.165, 1.54) is 12.1 Å². The summed E-state index contributed by atoms with van der Waals surface area (Å²) in [6.45, 7) is 1.18. The Kier molecular flexibility index (Phi) is 5.93. The van der Waals surface area contributed by atoms with Crippen LogP contribution in [0.4, 0.5) is 10.1 Å². The maximum Gasteiger partial charge on any atom is 0.135 e. The molecule has 38 heavy (non-hydrogen) atoms. The maximum atomic E-state index is 14.5. The lowest BCUT2D eigenvalue weighted by Gasteiger charge is -2.12. The van der Waals surface area contributed by atoms with E-state index < -0.39 is 0 Å². The quantitative estimate of drug-likeness (QED) is 0.281. The number of nitrogens with two attached hydrogens (primary N) is 1. The molecule has 1 aromatic carbocycles. The van der Waals surface area contributed by atoms with Gasteiger partial charge >= 0.3 is 0 Å². The average molecular weight is 509 g/mol. The number of nitrogen functional groups attached to an aromatic ring is 1. The van der Waals surface area contributed by atoms with Gasteiger partial charge in [0.25, 0.3) is 0 Å². The summed E-state index contributed by atoms with van der Waals surface area (Å²) in [7, 11) is 3.92. The van der Waals surface area contributed by atoms with Crippen molar-refractivity contribution < 1.29 is 9.13 Å². The fourth-order valence-corrected chi connectivity index (χ4v) is 4.39. The predicted molar refractivity (Wildman–Crippen MR) is 146 cm³/mol. The van der Waals surface area contributed by atoms with E-state index in [4.69, 9.17) is 15.5 Å². The number of ether oxygens (including phenoxy) is 1. The Hall–Kier alpha value is -4.83. The Morgan fingerprint density at radius 3 is 2.71 bits per heavy atom. The Labute approximate surface area is 217 Å². The summed E-state index contributed by atoms with van der Waals surface area (Å²) in [4.78, 5) is 19.0. The molecule has 0 aliphatic rings. The SMILES string of the molecule is CN(C)CCOc1cc(F)cc(-c2nccc3[nH]c(-c4n[nH]c5ccc(-c6cncc(N)c6)nc45)cc23)c1. The molecule has 5 aromatic heterocycles. The molecule has 4 N–H and O–H groups in total. The van der Waals surface area contributed by atoms with Gasteiger partial charge in [0.15, 0.2) is 0 Å². The zero-order valence-corrected chi connectivity index (χ0v) is 20.9. The topological polar surface area (TPSA) is 122 Å². The minimum Gasteiger partial charge on any atom is -0.492 e. The van der Waals surface area contributed by atoms with Gasteiger partial charge in [-0.1, -0.05) is 0 Å². The van der Waals surface area contributed by atoms with Crippen LogP contribution in [-0.2, 0) is 0 Å². The molecule has 0 spiro atoms. The Morgan fingerprint density at radius 2 is 1.87 bits per heavy atom. The van der Waals surface area contributed by atoms with Crippen LogP contribution >= 0.6 is 0 Å². The molecule has 190 valence electrons. The van der Waals surface area contributed by atoms with Gasteiger partial charge in [0.2, 0.25) is 0 Å². The third-order valence-electron chi connectivity index (χ3n) is 6.22. The predicted octanol–water partition coefficient (Wildman–Crippen LogP) is 4.89. The molecule has 0 amide bonds. The molecule has 0 aliphatic heterocycles. The number of benzene rings is 1. The second-order valence-electron chi connectivity index (χ2n) is 9.30. The summed E-state index contributed by atoms with van der Waals surface area (Å²) in [5.41, 5.74) is 13.1. The molecule has 0 unspecified atom stereocenters. The molecule has 0 atom stereocenters. The van der Waals surface area contributed by atoms with Gasteiger partial charge in [-0.25, -0.2) is 9.37 Å². The van der Waals surface area contributed by atoms with E-state index >= 15 is 0 Å². The highest BCUT2D eigenvalue weighted by Crippen LogP contribution is 2.34. The maximum absolute atomic E-state index is 14.5. The Morgan fingerprint density at radius 1 is 0.974 bits per heavy atom. The molecule has 10 heteroatoms. The lowest BCUT2D eigenvalue weighted by molar-refractivity contribution is 0.260. The van der Waals surface area contributed by atoms with Crippen molar-refractivity contribution >= 4 is 27.6 Å². The molecule has 6 rings (SSSR count). The standard InChI is InChI=1S/C28H25FN8O/c1-37(2)7-8-38-20-11-16(9-18(29)12-20)26-21-13-25(33-23(21)5-6-32-26)28-27-24(35-36-28)4-3-22(34-27)17-10-19(30)15-31-14-17/h3-6,9-15,33H,7-8,30H2,1-2H3,(H,35,36). The number of likely N-dealkylation sites (N-methyl/N-ethyl adjacent to an activating group) is 1. The number of nitrogens with zero attached hydrogens (tertiary/aromatic N) is 5. The number of nitrogens with one attached hydrogen (secondary N) is 2. The van der Waals surface area contributed by atoms with Gasteiger partial charge in [0.05, 0.1) is 28.3 Å². The van der Waals surface area contributed by atoms with Crippen LogP contribution in [0.2, 0.25) is 0 Å². The van der Waals surface area contributed by atoms with Crippen LogP contribution < -0.4 is 10.5 Å². The van der Waals surface area contributed by atoms with Gasteiger partial charge in [0.1, 0.15) is 29.4 Å². The van der Waals surface area contributed by atoms with Crippen molar-refractivity contribution in [3.05, 3.63) is 72.9 Å². The minimum atomic E-state index is -0.386. The number of H-pyrrole nitrogens is 2. The highest BCUT2D eigenvalue weighted by molar-refractivity contribution is 5.99. The number of aromatic amines is 2. The summed E-state index contributed by atoms with van der Waals surface area (Å²) in [5.74, 6) is 0.0745. The first-order valence-electron chi connectivity index (χ1n) is 12.1. The summed E-state index contributed by atoms with van der Waals surface area (Å²) < 4.78 is 20.3. The van der Waals surface area contributed by atoms with Crippen molar-refractivity contribution in [1.29, 1.82) is 0 Å². The largest absolute Gasteiger partial charge is 0.492 e. The lowest BCUT2D eigenvalue weighted by atomic mass is 10.1. The van der Waals surface area contributed by atoms with E-state index in [0.29, 0.717) is 40.5 Å². The minimum absolute atomic E-state index is 0.386. The first kappa shape index (κ1) is 23.6. The van der Waals surface area contributed by atoms with Crippen LogP contribution in [0.5, 0.6) is 5.75 Å². The second-order valence-corrected chi connectivity index (χ2v) is 9.30. The van der Waals surface area contributed by atoms with Crippen molar-refractivity contribution in [1.82, 2.24) is 35.0 Å². The summed E-state index contributed by atoms with van der Waals surface area (Å²) in [6, 6.07) is 14.2. The smallest absolute Gasteiger partial charge is 0.135 e. The number of rotatable bonds is 7. The highest BCUT2D eigenvalue weighted by atomic mass is 19.1. The zero-order chi connectivity index (χ0) is 26.2. The van der Waals surface area contributed by atoms with E-state index in [-0.39, 0.29) is 5.82 Å². The number of halogens is 1. The van der Waals surface area contributed by atoms with Crippen molar-refractivity contribution in [2.24, 2.45) is 0 Å². The van der Waals surface area contributed by atoms with Crippen LogP contribution in [0, 0.1) is 5.82 Å². The van der Waals surface area contributed by atoms with Crippen LogP contribution in [0.25, 0.3) is 55.8 Å². The normalized spacial score (nSPS) is 11.6. The molecule has 0 bridgehead atoms. The molecule has 6 aromatic rings. The average Bonchev–Trinajstić information content (AvgIpc) is 3.51. The summed E-state index contributed by atoms with van der Waals surface area (Å²) >= 11 is 0. The first-order valence-corrected chi connectivity index (χ1v) is 12.1. The Bertz CT molecular complexity index is 1770. The van der Waals surface area contributed by atoms with Crippen molar-refractivity contribution in [2.75, 3.05) is 33.0 Å². The third-order valence-corrected chi connectivity index (χ3v) is 6.22. The molecule has 0 fully saturated rings. The van der Waals surface area contributed by atoms with Crippen molar-refractivity contribution in [2.45, 2.75) is 0 Å². The number of hydrogen-bond acceptors (Lipinski definition) is 7. The van der Waals surface area contributed by atoms with Crippen LogP contribution in [0.1, 0.15) is 0 Å². The van der Waals surface area contributed by atoms with E-state index in [0.717, 1.165) is 39.9 Å². The third kappa shape index (κ3) is 4.53. The van der Waals surface area contributed by atoms with Crippen LogP contribution in [-0.4, -0.2) is 62.3 Å². The molecule has 0 radical (unpaired) electrons. The number of pyridine rings is 3. The molecule has 9 nitrogen and oxygen atoms in total. The van der Waals surface area contributed by atoms with Crippen LogP contribution in [0.15, 0.2) is 67.1 Å². The molecular weight excluding hydrogens is 483 g/mol. The van der Waals surface area contributed by atoms with E-state index in [9.17, 15) is 4.39 Å². The van der Waals surface area contributed by atoms with E-state index in [2.05, 4.69) is 25.1 Å². The fourth-order valence-electron chi connectivity index (χ4n) is 4.39. The van der Waals surface area contributed by atoms with E-state index in [1.807, 2.05) is 55.4 Å². The van der Waals surface area contributed by atoms with Gasteiger partial charge in [-0.05, 0) is 56.6 Å². The van der Waals surface area contributed by atoms with Gasteiger partial charge in [-0.2, -0.15) is 5.10 Å². The number of hydrogen-bond donors (Lipinski definition) is 3. The fraction of sp³-hybridized carbons (Fsp3) is 0.143. The van der Waals surface area contributed by atoms with Gasteiger partial charge < -0.3 is 20.4 Å². The second kappa shape index (κ2) is 9.56. The molecular formula is C28H25FN8O. The zero-order valence-electron chi connectivity index (χ0n) is 20.9. The van der Waals surface area contributed by atoms with Gasteiger partial charge in [-0.15, -0.1) is 0 Å². The monoisotopic (exact) mass is 508 g/mol. The number of anilines is 1. The lowest BCUT2D eigenvalue weighted by Crippen LogP contribution is -2.19. The van der Waals surface area contributed by atoms with Crippen LogP contribution in [0.3, 0.4) is 0 Å². The van der Waals surface area contributed by atoms with Gasteiger partial charge in [0, 0.05) is 53.2 Å². The van der Waals surface area contributed by atoms with Gasteiger partial charge in [-0.3, -0.25) is 15.1 Å². The highest BCUT2D eigenvalue weighted by Gasteiger charge is 2.17. The molecule has 5 heterocycles. The Balaban J connectivity index is 1.40. The number of fused-ring (bicyclic) bond motifs is 2. The number of aromatic nitrogens is 6. The summed E-state index contributed by atoms with van der Waals surface area (Å²) in [6.07, 6.45) is 5.02. The molecule has 0 aliphatic carbocycles. The van der Waals surface area contributed by atoms with Crippen molar-refractivity contribution in [3.8, 4) is 39.7 Å². The summed E-state index contributed by atoms with van der Waals surface area (Å²) in [5, 5.41) is 8.41. The van der Waals surface area contributed by atoms with Crippen molar-refractivity contribution in [3.63, 3.8) is 0 Å². The molecule has 0 saturated carbocycles. The van der Waals surface area contributed by atoms with E-state index in [1.54, 1.807) is 18.6 Å². The first-order chi connectivity index (χ1) is 18.4.